The molecule has 4 aromatic rings. The summed E-state index contributed by atoms with van der Waals surface area (Å²) in [6, 6.07) is 12.5. The third kappa shape index (κ3) is 6.25. The van der Waals surface area contributed by atoms with E-state index in [1.54, 1.807) is 76.6 Å². The first-order chi connectivity index (χ1) is 19.9. The second kappa shape index (κ2) is 13.4. The van der Waals surface area contributed by atoms with Crippen molar-refractivity contribution < 1.29 is 33.5 Å². The molecule has 0 fully saturated rings. The van der Waals surface area contributed by atoms with E-state index in [0.29, 0.717) is 69.2 Å². The van der Waals surface area contributed by atoms with Crippen molar-refractivity contribution in [1.29, 1.82) is 0 Å². The molecule has 1 unspecified atom stereocenters. The Morgan fingerprint density at radius 1 is 0.878 bits per heavy atom. The van der Waals surface area contributed by atoms with Gasteiger partial charge in [0.05, 0.1) is 54.1 Å². The normalized spacial score (nSPS) is 11.7. The average molecular weight is 584 g/mol. The van der Waals surface area contributed by atoms with Crippen molar-refractivity contribution in [2.24, 2.45) is 0 Å². The van der Waals surface area contributed by atoms with Crippen molar-refractivity contribution in [3.05, 3.63) is 64.6 Å². The topological polar surface area (TPSA) is 111 Å². The molecule has 0 radical (unpaired) electrons. The molecule has 0 spiro atoms. The highest BCUT2D eigenvalue weighted by Crippen LogP contribution is 2.41. The summed E-state index contributed by atoms with van der Waals surface area (Å²) < 4.78 is 34.5. The number of ether oxygens (including phenoxy) is 6. The lowest BCUT2D eigenvalue weighted by molar-refractivity contribution is 0.299. The van der Waals surface area contributed by atoms with Crippen LogP contribution in [0.25, 0.3) is 11.0 Å². The summed E-state index contributed by atoms with van der Waals surface area (Å²) in [6.07, 6.45) is 4.22. The highest BCUT2D eigenvalue weighted by molar-refractivity contribution is 7.96. The molecular formula is C30H35N2O8S+. The number of hydrogen-bond donors (Lipinski definition) is 1. The zero-order chi connectivity index (χ0) is 29.5. The first kappa shape index (κ1) is 29.7. The van der Waals surface area contributed by atoms with E-state index < -0.39 is 10.9 Å². The van der Waals surface area contributed by atoms with E-state index in [9.17, 15) is 9.90 Å². The molecule has 1 N–H and O–H groups in total. The van der Waals surface area contributed by atoms with Crippen molar-refractivity contribution in [2.45, 2.75) is 17.9 Å². The van der Waals surface area contributed by atoms with Gasteiger partial charge in [0.1, 0.15) is 23.4 Å². The minimum Gasteiger partial charge on any atom is -0.503 e. The average Bonchev–Trinajstić information content (AvgIpc) is 3.00. The van der Waals surface area contributed by atoms with Gasteiger partial charge in [-0.15, -0.1) is 0 Å². The van der Waals surface area contributed by atoms with Crippen LogP contribution in [0.5, 0.6) is 40.2 Å². The summed E-state index contributed by atoms with van der Waals surface area (Å²) in [4.78, 5) is 18.6. The predicted molar refractivity (Wildman–Crippen MR) is 159 cm³/mol. The van der Waals surface area contributed by atoms with Crippen LogP contribution in [0.15, 0.2) is 58.4 Å². The maximum atomic E-state index is 13.8. The van der Waals surface area contributed by atoms with Crippen molar-refractivity contribution in [1.82, 2.24) is 9.55 Å². The van der Waals surface area contributed by atoms with Gasteiger partial charge in [0.25, 0.3) is 4.90 Å². The van der Waals surface area contributed by atoms with Crippen molar-refractivity contribution >= 4 is 21.9 Å². The van der Waals surface area contributed by atoms with Crippen LogP contribution in [0.4, 0.5) is 0 Å². The van der Waals surface area contributed by atoms with E-state index in [2.05, 4.69) is 4.98 Å². The second-order valence-corrected chi connectivity index (χ2v) is 11.1. The minimum atomic E-state index is -0.572. The van der Waals surface area contributed by atoms with Crippen LogP contribution < -0.4 is 34.0 Å². The van der Waals surface area contributed by atoms with Gasteiger partial charge in [0.15, 0.2) is 28.7 Å². The summed E-state index contributed by atoms with van der Waals surface area (Å²) in [5, 5.41) is 11.7. The molecule has 218 valence electrons. The molecule has 11 heteroatoms. The van der Waals surface area contributed by atoms with Gasteiger partial charge >= 0.3 is 5.56 Å². The Hall–Kier alpha value is -4.25. The highest BCUT2D eigenvalue weighted by Gasteiger charge is 2.29. The molecule has 4 rings (SSSR count). The molecule has 0 saturated carbocycles. The Labute approximate surface area is 241 Å². The fourth-order valence-electron chi connectivity index (χ4n) is 4.57. The smallest absolute Gasteiger partial charge is 0.311 e. The molecule has 2 aromatic heterocycles. The second-order valence-electron chi connectivity index (χ2n) is 9.04. The molecule has 0 aliphatic heterocycles. The van der Waals surface area contributed by atoms with E-state index >= 15 is 0 Å². The highest BCUT2D eigenvalue weighted by atomic mass is 32.2. The first-order valence-electron chi connectivity index (χ1n) is 12.8. The Kier molecular flexibility index (Phi) is 9.72. The number of hydrogen-bond acceptors (Lipinski definition) is 9. The summed E-state index contributed by atoms with van der Waals surface area (Å²) in [6.45, 7) is 0.646. The minimum absolute atomic E-state index is 0.0296. The van der Waals surface area contributed by atoms with Crippen LogP contribution in [0, 0.1) is 0 Å². The van der Waals surface area contributed by atoms with Gasteiger partial charge in [0, 0.05) is 35.6 Å². The van der Waals surface area contributed by atoms with Crippen molar-refractivity contribution in [3.63, 3.8) is 0 Å². The van der Waals surface area contributed by atoms with Crippen molar-refractivity contribution in [2.75, 3.05) is 54.2 Å². The summed E-state index contributed by atoms with van der Waals surface area (Å²) in [5.41, 5.74) is 0.971. The van der Waals surface area contributed by atoms with E-state index in [4.69, 9.17) is 28.4 Å². The molecule has 41 heavy (non-hydrogen) atoms. The van der Waals surface area contributed by atoms with Crippen LogP contribution in [-0.4, -0.2) is 68.8 Å². The maximum Gasteiger partial charge on any atom is 0.311 e. The number of benzene rings is 2. The number of methoxy groups -OCH3 is 5. The third-order valence-corrected chi connectivity index (χ3v) is 8.56. The van der Waals surface area contributed by atoms with Crippen LogP contribution >= 0.6 is 0 Å². The number of aromatic hydroxyl groups is 1. The molecule has 2 heterocycles. The number of nitrogens with zero attached hydrogens (tertiary/aromatic N) is 2. The zero-order valence-electron chi connectivity index (χ0n) is 24.1. The van der Waals surface area contributed by atoms with E-state index in [0.717, 1.165) is 5.56 Å². The maximum absolute atomic E-state index is 13.8. The van der Waals surface area contributed by atoms with Crippen LogP contribution in [0.3, 0.4) is 0 Å². The lowest BCUT2D eigenvalue weighted by Gasteiger charge is -2.15. The van der Waals surface area contributed by atoms with Gasteiger partial charge in [-0.25, -0.2) is 4.98 Å². The lowest BCUT2D eigenvalue weighted by Crippen LogP contribution is -2.28. The SMILES string of the molecule is COc1ccc(Cn2c(=O)c([S+](C)CCCOc3cc(OC)c(OC)c(OC)c3)c(O)c3cccnc32)cc1OC. The number of pyridine rings is 2. The molecule has 0 amide bonds. The van der Waals surface area contributed by atoms with Gasteiger partial charge < -0.3 is 33.5 Å². The summed E-state index contributed by atoms with van der Waals surface area (Å²) >= 11 is 0. The monoisotopic (exact) mass is 583 g/mol. The van der Waals surface area contributed by atoms with E-state index in [-0.39, 0.29) is 17.9 Å². The number of rotatable bonds is 13. The van der Waals surface area contributed by atoms with Crippen LogP contribution in [0.2, 0.25) is 0 Å². The molecule has 0 aliphatic rings. The molecule has 0 aliphatic carbocycles. The van der Waals surface area contributed by atoms with Gasteiger partial charge in [-0.3, -0.25) is 9.36 Å². The zero-order valence-corrected chi connectivity index (χ0v) is 24.9. The van der Waals surface area contributed by atoms with Gasteiger partial charge in [-0.2, -0.15) is 0 Å². The lowest BCUT2D eigenvalue weighted by atomic mass is 10.2. The molecule has 0 saturated heterocycles. The molecule has 1 atom stereocenters. The van der Waals surface area contributed by atoms with E-state index in [1.165, 1.54) is 0 Å². The molecule has 0 bridgehead atoms. The first-order valence-corrected chi connectivity index (χ1v) is 14.6. The Bertz CT molecular complexity index is 1550. The summed E-state index contributed by atoms with van der Waals surface area (Å²) in [7, 11) is 7.21. The largest absolute Gasteiger partial charge is 0.503 e. The van der Waals surface area contributed by atoms with E-state index in [1.807, 2.05) is 18.4 Å². The fourth-order valence-corrected chi connectivity index (χ4v) is 6.17. The number of fused-ring (bicyclic) bond motifs is 1. The molecular weight excluding hydrogens is 548 g/mol. The third-order valence-electron chi connectivity index (χ3n) is 6.59. The van der Waals surface area contributed by atoms with Crippen LogP contribution in [0.1, 0.15) is 12.0 Å². The quantitative estimate of drug-likeness (QED) is 0.182. The molecule has 10 nitrogen and oxygen atoms in total. The van der Waals surface area contributed by atoms with Crippen LogP contribution in [-0.2, 0) is 17.4 Å². The summed E-state index contributed by atoms with van der Waals surface area (Å²) in [5.74, 6) is 3.84. The van der Waals surface area contributed by atoms with Gasteiger partial charge in [-0.05, 0) is 29.8 Å². The Morgan fingerprint density at radius 2 is 1.56 bits per heavy atom. The fraction of sp³-hybridized carbons (Fsp3) is 0.333. The van der Waals surface area contributed by atoms with Crippen molar-refractivity contribution in [3.8, 4) is 40.2 Å². The Balaban J connectivity index is 1.56. The molecule has 2 aromatic carbocycles. The Morgan fingerprint density at radius 3 is 2.20 bits per heavy atom. The standard InChI is InChI=1S/C30H34N2O8S/c1-35-22-11-10-19(15-23(22)36-2)18-32-29-21(9-7-12-31-29)26(33)28(30(32)34)41(6)14-8-13-40-20-16-24(37-3)27(39-5)25(17-20)38-4/h7,9-12,15-17H,8,13-14,18H2,1-6H3/p+1. The number of aromatic nitrogens is 2. The predicted octanol–water partition coefficient (Wildman–Crippen LogP) is 4.27. The van der Waals surface area contributed by atoms with Gasteiger partial charge in [0.2, 0.25) is 5.75 Å². The van der Waals surface area contributed by atoms with Gasteiger partial charge in [-0.1, -0.05) is 6.07 Å².